The molecule has 122 valence electrons. The summed E-state index contributed by atoms with van der Waals surface area (Å²) in [6, 6.07) is 8.26. The summed E-state index contributed by atoms with van der Waals surface area (Å²) >= 11 is 0. The molecule has 1 saturated heterocycles. The van der Waals surface area contributed by atoms with Gasteiger partial charge in [-0.3, -0.25) is 9.69 Å². The molecular weight excluding hydrogens is 276 g/mol. The topological polar surface area (TPSA) is 32.8 Å². The number of rotatable bonds is 7. The van der Waals surface area contributed by atoms with Crippen LogP contribution >= 0.6 is 0 Å². The zero-order valence-electron chi connectivity index (χ0n) is 13.9. The molecule has 1 fully saturated rings. The van der Waals surface area contributed by atoms with E-state index in [-0.39, 0.29) is 0 Å². The van der Waals surface area contributed by atoms with Crippen LogP contribution in [0.5, 0.6) is 5.75 Å². The number of hydrogen-bond acceptors (Lipinski definition) is 3. The van der Waals surface area contributed by atoms with Crippen LogP contribution in [0.2, 0.25) is 0 Å². The summed E-state index contributed by atoms with van der Waals surface area (Å²) in [6.45, 7) is 6.90. The van der Waals surface area contributed by atoms with Gasteiger partial charge >= 0.3 is 0 Å². The Morgan fingerprint density at radius 1 is 1.23 bits per heavy atom. The average molecular weight is 304 g/mol. The first kappa shape index (κ1) is 16.8. The van der Waals surface area contributed by atoms with Crippen molar-refractivity contribution in [2.45, 2.75) is 32.6 Å². The normalized spacial score (nSPS) is 15.8. The maximum atomic E-state index is 12.0. The molecule has 4 heteroatoms. The number of hydrogen-bond donors (Lipinski definition) is 0. The van der Waals surface area contributed by atoms with E-state index in [1.165, 1.54) is 5.56 Å². The van der Waals surface area contributed by atoms with E-state index in [4.69, 9.17) is 4.74 Å². The molecule has 4 nitrogen and oxygen atoms in total. The Balaban J connectivity index is 1.72. The summed E-state index contributed by atoms with van der Waals surface area (Å²) < 4.78 is 5.26. The van der Waals surface area contributed by atoms with Crippen molar-refractivity contribution in [3.05, 3.63) is 29.8 Å². The first-order valence-electron chi connectivity index (χ1n) is 8.36. The Labute approximate surface area is 134 Å². The van der Waals surface area contributed by atoms with E-state index in [1.807, 2.05) is 17.0 Å². The third-order valence-corrected chi connectivity index (χ3v) is 4.32. The molecule has 1 aromatic rings. The van der Waals surface area contributed by atoms with Gasteiger partial charge in [-0.1, -0.05) is 25.5 Å². The minimum absolute atomic E-state index is 0.328. The molecule has 0 unspecified atom stereocenters. The SMILES string of the molecule is CCCCC(=O)N1CCN(CCc2cccc(OC)c2)CC1. The van der Waals surface area contributed by atoms with Crippen LogP contribution in [-0.2, 0) is 11.2 Å². The molecule has 0 bridgehead atoms. The molecule has 0 radical (unpaired) electrons. The molecule has 0 spiro atoms. The second kappa shape index (κ2) is 8.79. The van der Waals surface area contributed by atoms with Crippen LogP contribution < -0.4 is 4.74 Å². The molecule has 0 aliphatic carbocycles. The minimum Gasteiger partial charge on any atom is -0.497 e. The Morgan fingerprint density at radius 2 is 2.00 bits per heavy atom. The number of carbonyl (C=O) groups excluding carboxylic acids is 1. The number of benzene rings is 1. The summed E-state index contributed by atoms with van der Waals surface area (Å²) in [7, 11) is 1.70. The van der Waals surface area contributed by atoms with Gasteiger partial charge < -0.3 is 9.64 Å². The van der Waals surface area contributed by atoms with E-state index in [0.29, 0.717) is 12.3 Å². The lowest BCUT2D eigenvalue weighted by molar-refractivity contribution is -0.133. The fourth-order valence-electron chi connectivity index (χ4n) is 2.82. The molecule has 0 aromatic heterocycles. The fourth-order valence-corrected chi connectivity index (χ4v) is 2.82. The van der Waals surface area contributed by atoms with E-state index in [1.54, 1.807) is 7.11 Å². The van der Waals surface area contributed by atoms with Crippen molar-refractivity contribution in [2.24, 2.45) is 0 Å². The van der Waals surface area contributed by atoms with E-state index in [9.17, 15) is 4.79 Å². The van der Waals surface area contributed by atoms with Crippen LogP contribution in [0, 0.1) is 0 Å². The molecule has 1 amide bonds. The summed E-state index contributed by atoms with van der Waals surface area (Å²) in [5.41, 5.74) is 1.31. The molecule has 22 heavy (non-hydrogen) atoms. The minimum atomic E-state index is 0.328. The Morgan fingerprint density at radius 3 is 2.68 bits per heavy atom. The van der Waals surface area contributed by atoms with Gasteiger partial charge in [-0.05, 0) is 30.5 Å². The van der Waals surface area contributed by atoms with E-state index in [2.05, 4.69) is 24.0 Å². The fraction of sp³-hybridized carbons (Fsp3) is 0.611. The number of ether oxygens (including phenoxy) is 1. The van der Waals surface area contributed by atoms with Crippen molar-refractivity contribution < 1.29 is 9.53 Å². The number of amides is 1. The van der Waals surface area contributed by atoms with Crippen molar-refractivity contribution in [2.75, 3.05) is 39.8 Å². The van der Waals surface area contributed by atoms with Crippen LogP contribution in [0.15, 0.2) is 24.3 Å². The zero-order valence-corrected chi connectivity index (χ0v) is 13.9. The molecule has 2 rings (SSSR count). The largest absolute Gasteiger partial charge is 0.497 e. The molecule has 1 heterocycles. The van der Waals surface area contributed by atoms with Gasteiger partial charge in [-0.25, -0.2) is 0 Å². The maximum absolute atomic E-state index is 12.0. The third-order valence-electron chi connectivity index (χ3n) is 4.32. The lowest BCUT2D eigenvalue weighted by Crippen LogP contribution is -2.49. The highest BCUT2D eigenvalue weighted by molar-refractivity contribution is 5.76. The lowest BCUT2D eigenvalue weighted by Gasteiger charge is -2.34. The third kappa shape index (κ3) is 5.02. The summed E-state index contributed by atoms with van der Waals surface area (Å²) in [6.07, 6.45) is 3.84. The second-order valence-electron chi connectivity index (χ2n) is 5.93. The van der Waals surface area contributed by atoms with Gasteiger partial charge in [-0.2, -0.15) is 0 Å². The highest BCUT2D eigenvalue weighted by atomic mass is 16.5. The Bertz CT molecular complexity index is 468. The van der Waals surface area contributed by atoms with Crippen LogP contribution in [0.3, 0.4) is 0 Å². The van der Waals surface area contributed by atoms with Crippen molar-refractivity contribution in [3.8, 4) is 5.75 Å². The van der Waals surface area contributed by atoms with Crippen molar-refractivity contribution in [1.82, 2.24) is 9.80 Å². The number of methoxy groups -OCH3 is 1. The van der Waals surface area contributed by atoms with Gasteiger partial charge in [0.1, 0.15) is 5.75 Å². The molecule has 0 N–H and O–H groups in total. The average Bonchev–Trinajstić information content (AvgIpc) is 2.58. The number of unbranched alkanes of at least 4 members (excludes halogenated alkanes) is 1. The molecule has 0 saturated carbocycles. The van der Waals surface area contributed by atoms with Crippen molar-refractivity contribution in [1.29, 1.82) is 0 Å². The quantitative estimate of drug-likeness (QED) is 0.776. The first-order valence-corrected chi connectivity index (χ1v) is 8.36. The Kier molecular flexibility index (Phi) is 6.72. The highest BCUT2D eigenvalue weighted by Gasteiger charge is 2.20. The molecule has 1 aliphatic rings. The summed E-state index contributed by atoms with van der Waals surface area (Å²) in [5, 5.41) is 0. The van der Waals surface area contributed by atoms with Crippen molar-refractivity contribution >= 4 is 5.91 Å². The highest BCUT2D eigenvalue weighted by Crippen LogP contribution is 2.14. The smallest absolute Gasteiger partial charge is 0.222 e. The first-order chi connectivity index (χ1) is 10.7. The van der Waals surface area contributed by atoms with Gasteiger partial charge in [0.05, 0.1) is 7.11 Å². The van der Waals surface area contributed by atoms with Crippen LogP contribution in [0.4, 0.5) is 0 Å². The number of carbonyl (C=O) groups is 1. The van der Waals surface area contributed by atoms with Gasteiger partial charge in [-0.15, -0.1) is 0 Å². The molecule has 1 aliphatic heterocycles. The summed E-state index contributed by atoms with van der Waals surface area (Å²) in [4.78, 5) is 16.5. The van der Waals surface area contributed by atoms with Gasteiger partial charge in [0.25, 0.3) is 0 Å². The molecule has 1 aromatic carbocycles. The Hall–Kier alpha value is -1.55. The summed E-state index contributed by atoms with van der Waals surface area (Å²) in [5.74, 6) is 1.25. The maximum Gasteiger partial charge on any atom is 0.222 e. The van der Waals surface area contributed by atoms with E-state index < -0.39 is 0 Å². The zero-order chi connectivity index (χ0) is 15.8. The predicted octanol–water partition coefficient (Wildman–Crippen LogP) is 2.57. The van der Waals surface area contributed by atoms with Gasteiger partial charge in [0, 0.05) is 39.1 Å². The van der Waals surface area contributed by atoms with Crippen LogP contribution in [0.1, 0.15) is 31.7 Å². The molecule has 0 atom stereocenters. The number of nitrogens with zero attached hydrogens (tertiary/aromatic N) is 2. The second-order valence-corrected chi connectivity index (χ2v) is 5.93. The van der Waals surface area contributed by atoms with Crippen molar-refractivity contribution in [3.63, 3.8) is 0 Å². The van der Waals surface area contributed by atoms with Gasteiger partial charge in [0.2, 0.25) is 5.91 Å². The van der Waals surface area contributed by atoms with Crippen LogP contribution in [-0.4, -0.2) is 55.5 Å². The van der Waals surface area contributed by atoms with E-state index in [0.717, 1.165) is 57.7 Å². The predicted molar refractivity (Wildman–Crippen MR) is 89.2 cm³/mol. The van der Waals surface area contributed by atoms with E-state index >= 15 is 0 Å². The monoisotopic (exact) mass is 304 g/mol. The standard InChI is InChI=1S/C18H28N2O2/c1-3-4-8-18(21)20-13-11-19(12-14-20)10-9-16-6-5-7-17(15-16)22-2/h5-7,15H,3-4,8-14H2,1-2H3. The van der Waals surface area contributed by atoms with Gasteiger partial charge in [0.15, 0.2) is 0 Å². The lowest BCUT2D eigenvalue weighted by atomic mass is 10.1. The molecular formula is C18H28N2O2. The number of piperazine rings is 1. The van der Waals surface area contributed by atoms with Crippen LogP contribution in [0.25, 0.3) is 0 Å².